The summed E-state index contributed by atoms with van der Waals surface area (Å²) in [6.45, 7) is 4.26. The fraction of sp³-hybridized carbons (Fsp3) is 0.227. The number of nitrogens with one attached hydrogen (secondary N) is 1. The van der Waals surface area contributed by atoms with Gasteiger partial charge in [0.25, 0.3) is 5.91 Å². The van der Waals surface area contributed by atoms with Crippen molar-refractivity contribution in [2.75, 3.05) is 0 Å². The number of ether oxygens (including phenoxy) is 1. The molecule has 5 nitrogen and oxygen atoms in total. The minimum Gasteiger partial charge on any atom is -0.488 e. The van der Waals surface area contributed by atoms with Crippen LogP contribution >= 0.6 is 15.9 Å². The molecule has 0 spiro atoms. The van der Waals surface area contributed by atoms with E-state index in [9.17, 15) is 9.90 Å². The van der Waals surface area contributed by atoms with E-state index in [0.717, 1.165) is 26.7 Å². The van der Waals surface area contributed by atoms with Crippen LogP contribution in [-0.2, 0) is 24.4 Å². The van der Waals surface area contributed by atoms with Gasteiger partial charge in [0.1, 0.15) is 12.4 Å². The van der Waals surface area contributed by atoms with Gasteiger partial charge in [-0.1, -0.05) is 51.8 Å². The Bertz CT molecular complexity index is 869. The molecule has 0 aliphatic heterocycles. The SMILES string of the molecule is CC(C)=CCc1c(CO)ccc(C=CC(=O)NO)c1OCc1ccc(Br)cc1. The molecule has 0 atom stereocenters. The molecule has 0 fully saturated rings. The first-order chi connectivity index (χ1) is 13.4. The minimum atomic E-state index is -0.629. The molecule has 1 amide bonds. The van der Waals surface area contributed by atoms with Crippen LogP contribution in [0.25, 0.3) is 6.08 Å². The number of carbonyl (C=O) groups is 1. The molecule has 28 heavy (non-hydrogen) atoms. The minimum absolute atomic E-state index is 0.109. The van der Waals surface area contributed by atoms with E-state index in [1.807, 2.05) is 44.2 Å². The Balaban J connectivity index is 2.44. The van der Waals surface area contributed by atoms with Gasteiger partial charge in [-0.15, -0.1) is 0 Å². The Labute approximate surface area is 173 Å². The summed E-state index contributed by atoms with van der Waals surface area (Å²) < 4.78 is 7.12. The first-order valence-electron chi connectivity index (χ1n) is 8.83. The van der Waals surface area contributed by atoms with E-state index in [0.29, 0.717) is 24.3 Å². The molecule has 2 aromatic carbocycles. The number of hydrogen-bond acceptors (Lipinski definition) is 4. The van der Waals surface area contributed by atoms with Crippen molar-refractivity contribution in [2.24, 2.45) is 0 Å². The predicted molar refractivity (Wildman–Crippen MR) is 113 cm³/mol. The lowest BCUT2D eigenvalue weighted by Gasteiger charge is -2.17. The lowest BCUT2D eigenvalue weighted by atomic mass is 9.98. The highest BCUT2D eigenvalue weighted by atomic mass is 79.9. The molecule has 2 rings (SSSR count). The van der Waals surface area contributed by atoms with Crippen LogP contribution in [0.2, 0.25) is 0 Å². The molecule has 0 aliphatic rings. The molecule has 0 saturated heterocycles. The zero-order valence-electron chi connectivity index (χ0n) is 15.9. The van der Waals surface area contributed by atoms with Crippen molar-refractivity contribution in [3.8, 4) is 5.75 Å². The molecule has 0 unspecified atom stereocenters. The quantitative estimate of drug-likeness (QED) is 0.241. The Morgan fingerprint density at radius 3 is 2.50 bits per heavy atom. The molecule has 0 saturated carbocycles. The van der Waals surface area contributed by atoms with Crippen LogP contribution in [0.15, 0.2) is 58.6 Å². The molecular formula is C22H24BrNO4. The summed E-state index contributed by atoms with van der Waals surface area (Å²) in [6.07, 6.45) is 5.47. The second-order valence-electron chi connectivity index (χ2n) is 6.49. The van der Waals surface area contributed by atoms with Gasteiger partial charge < -0.3 is 9.84 Å². The van der Waals surface area contributed by atoms with E-state index >= 15 is 0 Å². The average Bonchev–Trinajstić information content (AvgIpc) is 2.69. The second-order valence-corrected chi connectivity index (χ2v) is 7.41. The van der Waals surface area contributed by atoms with Gasteiger partial charge in [-0.3, -0.25) is 10.0 Å². The number of allylic oxidation sites excluding steroid dienone is 2. The van der Waals surface area contributed by atoms with Gasteiger partial charge in [-0.05, 0) is 49.6 Å². The summed E-state index contributed by atoms with van der Waals surface area (Å²) in [6, 6.07) is 11.4. The van der Waals surface area contributed by atoms with Crippen LogP contribution in [0.3, 0.4) is 0 Å². The number of aliphatic hydroxyl groups is 1. The standard InChI is InChI=1S/C22H24BrNO4/c1-15(2)3-11-20-18(13-25)7-6-17(8-12-21(26)24-27)22(20)28-14-16-4-9-19(23)10-5-16/h3-10,12,25,27H,11,13-14H2,1-2H3,(H,24,26). The molecule has 3 N–H and O–H groups in total. The molecule has 0 heterocycles. The first-order valence-corrected chi connectivity index (χ1v) is 9.62. The van der Waals surface area contributed by atoms with Gasteiger partial charge in [0.15, 0.2) is 0 Å². The number of carbonyl (C=O) groups excluding carboxylic acids is 1. The summed E-state index contributed by atoms with van der Waals surface area (Å²) in [7, 11) is 0. The van der Waals surface area contributed by atoms with Gasteiger partial charge >= 0.3 is 0 Å². The summed E-state index contributed by atoms with van der Waals surface area (Å²) in [5, 5.41) is 18.5. The first kappa shape index (κ1) is 21.9. The average molecular weight is 446 g/mol. The summed E-state index contributed by atoms with van der Waals surface area (Å²) >= 11 is 3.42. The lowest BCUT2D eigenvalue weighted by molar-refractivity contribution is -0.124. The number of hydroxylamine groups is 1. The van der Waals surface area contributed by atoms with Crippen molar-refractivity contribution in [2.45, 2.75) is 33.5 Å². The highest BCUT2D eigenvalue weighted by Gasteiger charge is 2.13. The van der Waals surface area contributed by atoms with E-state index < -0.39 is 5.91 Å². The summed E-state index contributed by atoms with van der Waals surface area (Å²) in [5.41, 5.74) is 6.05. The van der Waals surface area contributed by atoms with E-state index in [4.69, 9.17) is 9.94 Å². The Kier molecular flexibility index (Phi) is 8.44. The third-order valence-electron chi connectivity index (χ3n) is 4.09. The van der Waals surface area contributed by atoms with Crippen molar-refractivity contribution < 1.29 is 19.8 Å². The number of hydrogen-bond donors (Lipinski definition) is 3. The van der Waals surface area contributed by atoms with Crippen molar-refractivity contribution in [3.63, 3.8) is 0 Å². The fourth-order valence-electron chi connectivity index (χ4n) is 2.61. The maximum Gasteiger partial charge on any atom is 0.267 e. The van der Waals surface area contributed by atoms with Gasteiger partial charge in [-0.25, -0.2) is 5.48 Å². The smallest absolute Gasteiger partial charge is 0.267 e. The molecule has 148 valence electrons. The van der Waals surface area contributed by atoms with Crippen LogP contribution in [0.4, 0.5) is 0 Å². The highest BCUT2D eigenvalue weighted by molar-refractivity contribution is 9.10. The molecule has 6 heteroatoms. The number of amides is 1. The summed E-state index contributed by atoms with van der Waals surface area (Å²) in [5.74, 6) is -0.0232. The zero-order valence-corrected chi connectivity index (χ0v) is 17.5. The fourth-order valence-corrected chi connectivity index (χ4v) is 2.87. The van der Waals surface area contributed by atoms with Gasteiger partial charge in [0, 0.05) is 21.7 Å². The lowest BCUT2D eigenvalue weighted by Crippen LogP contribution is -2.14. The van der Waals surface area contributed by atoms with Crippen molar-refractivity contribution in [1.82, 2.24) is 5.48 Å². The van der Waals surface area contributed by atoms with Gasteiger partial charge in [0.05, 0.1) is 6.61 Å². The second kappa shape index (κ2) is 10.8. The Morgan fingerprint density at radius 2 is 1.89 bits per heavy atom. The van der Waals surface area contributed by atoms with E-state index in [1.165, 1.54) is 6.08 Å². The Hall–Kier alpha value is -2.41. The molecule has 0 radical (unpaired) electrons. The zero-order chi connectivity index (χ0) is 20.5. The monoisotopic (exact) mass is 445 g/mol. The van der Waals surface area contributed by atoms with Crippen LogP contribution < -0.4 is 10.2 Å². The van der Waals surface area contributed by atoms with Gasteiger partial charge in [0.2, 0.25) is 0 Å². The van der Waals surface area contributed by atoms with Crippen molar-refractivity contribution in [3.05, 3.63) is 80.8 Å². The number of aliphatic hydroxyl groups excluding tert-OH is 1. The van der Waals surface area contributed by atoms with Gasteiger partial charge in [-0.2, -0.15) is 0 Å². The van der Waals surface area contributed by atoms with Crippen LogP contribution in [0.1, 0.15) is 36.1 Å². The normalized spacial score (nSPS) is 10.8. The van der Waals surface area contributed by atoms with Crippen LogP contribution in [0.5, 0.6) is 5.75 Å². The highest BCUT2D eigenvalue weighted by Crippen LogP contribution is 2.31. The molecule has 0 bridgehead atoms. The molecule has 0 aromatic heterocycles. The third kappa shape index (κ3) is 6.34. The number of rotatable bonds is 8. The maximum atomic E-state index is 11.4. The Morgan fingerprint density at radius 1 is 1.18 bits per heavy atom. The van der Waals surface area contributed by atoms with Crippen molar-refractivity contribution >= 4 is 27.9 Å². The largest absolute Gasteiger partial charge is 0.488 e. The maximum absolute atomic E-state index is 11.4. The number of benzene rings is 2. The van der Waals surface area contributed by atoms with Crippen LogP contribution in [-0.4, -0.2) is 16.2 Å². The number of halogens is 1. The third-order valence-corrected chi connectivity index (χ3v) is 4.62. The molecular weight excluding hydrogens is 422 g/mol. The van der Waals surface area contributed by atoms with E-state index in [-0.39, 0.29) is 6.61 Å². The summed E-state index contributed by atoms with van der Waals surface area (Å²) in [4.78, 5) is 11.4. The van der Waals surface area contributed by atoms with Crippen LogP contribution in [0, 0.1) is 0 Å². The van der Waals surface area contributed by atoms with E-state index in [1.54, 1.807) is 17.6 Å². The molecule has 2 aromatic rings. The van der Waals surface area contributed by atoms with E-state index in [2.05, 4.69) is 22.0 Å². The predicted octanol–water partition coefficient (Wildman–Crippen LogP) is 4.55. The molecule has 0 aliphatic carbocycles. The van der Waals surface area contributed by atoms with Crippen molar-refractivity contribution in [1.29, 1.82) is 0 Å². The topological polar surface area (TPSA) is 78.8 Å².